The minimum absolute atomic E-state index is 0.0417. The molecule has 0 amide bonds. The Bertz CT molecular complexity index is 783. The molecule has 1 heterocycles. The van der Waals surface area contributed by atoms with E-state index in [1.807, 2.05) is 24.3 Å². The molecule has 0 atom stereocenters. The summed E-state index contributed by atoms with van der Waals surface area (Å²) in [5.74, 6) is 0.818. The van der Waals surface area contributed by atoms with Gasteiger partial charge in [-0.1, -0.05) is 33.5 Å². The maximum Gasteiger partial charge on any atom is 0.150 e. The Hall–Kier alpha value is -1.17. The van der Waals surface area contributed by atoms with Gasteiger partial charge >= 0.3 is 0 Å². The molecule has 1 fully saturated rings. The van der Waals surface area contributed by atoms with Crippen molar-refractivity contribution in [3.8, 4) is 5.75 Å². The van der Waals surface area contributed by atoms with Crippen molar-refractivity contribution < 1.29 is 9.53 Å². The van der Waals surface area contributed by atoms with Crippen molar-refractivity contribution >= 4 is 14.4 Å². The molecule has 1 saturated heterocycles. The Morgan fingerprint density at radius 1 is 0.788 bits per heavy atom. The van der Waals surface area contributed by atoms with Gasteiger partial charge in [0, 0.05) is 57.3 Å². The summed E-state index contributed by atoms with van der Waals surface area (Å²) < 4.78 is 6.34. The SMILES string of the molecule is CC(C)(CC(C)(C)N1CCN(C(C)(C)CC(C)(C)[Si](C)(C)C)CC1)Oc1ccc(C=O)cc1. The third kappa shape index (κ3) is 7.40. The Balaban J connectivity index is 1.98. The first kappa shape index (κ1) is 28.1. The molecule has 0 saturated carbocycles. The fourth-order valence-corrected chi connectivity index (χ4v) is 6.46. The zero-order valence-corrected chi connectivity index (χ0v) is 24.3. The van der Waals surface area contributed by atoms with E-state index in [9.17, 15) is 4.79 Å². The Labute approximate surface area is 205 Å². The van der Waals surface area contributed by atoms with Crippen LogP contribution in [-0.2, 0) is 0 Å². The largest absolute Gasteiger partial charge is 0.488 e. The number of ether oxygens (including phenoxy) is 1. The summed E-state index contributed by atoms with van der Waals surface area (Å²) >= 11 is 0. The first-order chi connectivity index (χ1) is 14.9. The van der Waals surface area contributed by atoms with Crippen LogP contribution in [-0.4, -0.2) is 67.0 Å². The van der Waals surface area contributed by atoms with Crippen molar-refractivity contribution in [2.24, 2.45) is 0 Å². The number of aldehydes is 1. The highest BCUT2D eigenvalue weighted by molar-refractivity contribution is 6.79. The van der Waals surface area contributed by atoms with Crippen LogP contribution in [0.15, 0.2) is 24.3 Å². The highest BCUT2D eigenvalue weighted by Gasteiger charge is 2.43. The second-order valence-electron chi connectivity index (χ2n) is 13.6. The van der Waals surface area contributed by atoms with E-state index in [0.29, 0.717) is 10.6 Å². The van der Waals surface area contributed by atoms with Crippen LogP contribution in [0.1, 0.15) is 78.6 Å². The number of nitrogens with zero attached hydrogens (tertiary/aromatic N) is 2. The van der Waals surface area contributed by atoms with Crippen LogP contribution < -0.4 is 4.74 Å². The molecule has 0 N–H and O–H groups in total. The predicted molar refractivity (Wildman–Crippen MR) is 144 cm³/mol. The number of hydrogen-bond donors (Lipinski definition) is 0. The summed E-state index contributed by atoms with van der Waals surface area (Å²) in [5, 5.41) is 0.415. The molecule has 4 nitrogen and oxygen atoms in total. The van der Waals surface area contributed by atoms with Gasteiger partial charge in [0.1, 0.15) is 17.6 Å². The molecule has 1 aromatic rings. The minimum atomic E-state index is -1.23. The van der Waals surface area contributed by atoms with E-state index in [1.54, 1.807) is 0 Å². The molecule has 5 heteroatoms. The summed E-state index contributed by atoms with van der Waals surface area (Å²) in [5.41, 5.74) is 0.634. The zero-order chi connectivity index (χ0) is 25.3. The third-order valence-electron chi connectivity index (χ3n) is 8.17. The molecule has 0 aromatic heterocycles. The van der Waals surface area contributed by atoms with Crippen molar-refractivity contribution in [1.82, 2.24) is 9.80 Å². The number of carbonyl (C=O) groups is 1. The summed E-state index contributed by atoms with van der Waals surface area (Å²) in [6.45, 7) is 30.8. The van der Waals surface area contributed by atoms with Crippen molar-refractivity contribution in [2.45, 2.75) is 110 Å². The summed E-state index contributed by atoms with van der Waals surface area (Å²) in [6.07, 6.45) is 3.05. The molecular formula is C28H50N2O2Si. The number of rotatable bonds is 10. The lowest BCUT2D eigenvalue weighted by atomic mass is 9.86. The van der Waals surface area contributed by atoms with E-state index in [1.165, 1.54) is 6.42 Å². The molecule has 0 unspecified atom stereocenters. The topological polar surface area (TPSA) is 32.8 Å². The maximum absolute atomic E-state index is 10.9. The van der Waals surface area contributed by atoms with Gasteiger partial charge in [-0.15, -0.1) is 0 Å². The average Bonchev–Trinajstić information content (AvgIpc) is 2.66. The lowest BCUT2D eigenvalue weighted by Crippen LogP contribution is -2.61. The molecule has 0 aliphatic carbocycles. The first-order valence-electron chi connectivity index (χ1n) is 12.6. The van der Waals surface area contributed by atoms with Gasteiger partial charge in [0.05, 0.1) is 0 Å². The normalized spacial score (nSPS) is 17.8. The lowest BCUT2D eigenvalue weighted by Gasteiger charge is -2.52. The van der Waals surface area contributed by atoms with E-state index in [-0.39, 0.29) is 16.7 Å². The molecule has 0 spiro atoms. The molecule has 1 aliphatic heterocycles. The fourth-order valence-electron chi connectivity index (χ4n) is 5.50. The molecule has 1 aromatic carbocycles. The van der Waals surface area contributed by atoms with Crippen molar-refractivity contribution in [3.63, 3.8) is 0 Å². The molecule has 188 valence electrons. The second kappa shape index (κ2) is 9.83. The van der Waals surface area contributed by atoms with Gasteiger partial charge in [0.2, 0.25) is 0 Å². The van der Waals surface area contributed by atoms with Gasteiger partial charge in [-0.3, -0.25) is 14.6 Å². The quantitative estimate of drug-likeness (QED) is 0.278. The Morgan fingerprint density at radius 3 is 1.61 bits per heavy atom. The molecule has 2 rings (SSSR count). The number of benzene rings is 1. The van der Waals surface area contributed by atoms with Crippen molar-refractivity contribution in [2.75, 3.05) is 26.2 Å². The zero-order valence-electron chi connectivity index (χ0n) is 23.3. The van der Waals surface area contributed by atoms with Crippen LogP contribution in [0.25, 0.3) is 0 Å². The average molecular weight is 475 g/mol. The van der Waals surface area contributed by atoms with E-state index in [0.717, 1.165) is 44.6 Å². The van der Waals surface area contributed by atoms with Gasteiger partial charge in [-0.25, -0.2) is 0 Å². The third-order valence-corrected chi connectivity index (χ3v) is 12.4. The van der Waals surface area contributed by atoms with Crippen LogP contribution in [0.2, 0.25) is 24.7 Å². The summed E-state index contributed by atoms with van der Waals surface area (Å²) in [4.78, 5) is 16.3. The van der Waals surface area contributed by atoms with Gasteiger partial charge in [-0.2, -0.15) is 0 Å². The van der Waals surface area contributed by atoms with Crippen LogP contribution >= 0.6 is 0 Å². The van der Waals surface area contributed by atoms with Crippen LogP contribution in [0.3, 0.4) is 0 Å². The molecule has 33 heavy (non-hydrogen) atoms. The summed E-state index contributed by atoms with van der Waals surface area (Å²) in [7, 11) is -1.23. The Morgan fingerprint density at radius 2 is 1.21 bits per heavy atom. The van der Waals surface area contributed by atoms with Gasteiger partial charge in [0.25, 0.3) is 0 Å². The molecular weight excluding hydrogens is 424 g/mol. The number of piperazine rings is 1. The van der Waals surface area contributed by atoms with Crippen LogP contribution in [0.4, 0.5) is 0 Å². The Kier molecular flexibility index (Phi) is 8.36. The maximum atomic E-state index is 10.9. The van der Waals surface area contributed by atoms with Crippen LogP contribution in [0, 0.1) is 0 Å². The molecule has 1 aliphatic rings. The standard InChI is InChI=1S/C28H50N2O2Si/c1-25(2,21-27(5,6)32-24-14-12-23(20-31)13-15-24)29-16-18-30(19-17-29)26(3,4)22-28(7,8)33(9,10)11/h12-15,20H,16-19,21-22H2,1-11H3. The van der Waals surface area contributed by atoms with Crippen molar-refractivity contribution in [3.05, 3.63) is 29.8 Å². The van der Waals surface area contributed by atoms with Crippen molar-refractivity contribution in [1.29, 1.82) is 0 Å². The fraction of sp³-hybridized carbons (Fsp3) is 0.750. The minimum Gasteiger partial charge on any atom is -0.488 e. The predicted octanol–water partition coefficient (Wildman–Crippen LogP) is 6.73. The molecule has 0 radical (unpaired) electrons. The highest BCUT2D eigenvalue weighted by Crippen LogP contribution is 2.45. The summed E-state index contributed by atoms with van der Waals surface area (Å²) in [6, 6.07) is 7.41. The second-order valence-corrected chi connectivity index (χ2v) is 19.5. The number of hydrogen-bond acceptors (Lipinski definition) is 4. The van der Waals surface area contributed by atoms with Gasteiger partial charge in [0.15, 0.2) is 0 Å². The lowest BCUT2D eigenvalue weighted by molar-refractivity contribution is -0.0276. The number of carbonyl (C=O) groups excluding carboxylic acids is 1. The monoisotopic (exact) mass is 474 g/mol. The van der Waals surface area contributed by atoms with E-state index >= 15 is 0 Å². The smallest absolute Gasteiger partial charge is 0.150 e. The van der Waals surface area contributed by atoms with Gasteiger partial charge < -0.3 is 4.74 Å². The van der Waals surface area contributed by atoms with Crippen LogP contribution in [0.5, 0.6) is 5.75 Å². The highest BCUT2D eigenvalue weighted by atomic mass is 28.3. The first-order valence-corrected chi connectivity index (χ1v) is 16.1. The van der Waals surface area contributed by atoms with E-state index in [4.69, 9.17) is 4.74 Å². The van der Waals surface area contributed by atoms with Gasteiger partial charge in [-0.05, 0) is 77.3 Å². The molecule has 0 bridgehead atoms. The van der Waals surface area contributed by atoms with E-state index < -0.39 is 8.07 Å². The van der Waals surface area contributed by atoms with E-state index in [2.05, 4.69) is 84.8 Å².